The molecule has 0 aliphatic carbocycles. The van der Waals surface area contributed by atoms with Gasteiger partial charge in [-0.2, -0.15) is 0 Å². The van der Waals surface area contributed by atoms with Gasteiger partial charge < -0.3 is 4.57 Å². The van der Waals surface area contributed by atoms with Gasteiger partial charge in [-0.05, 0) is 19.3 Å². The van der Waals surface area contributed by atoms with Crippen LogP contribution in [0.2, 0.25) is 0 Å². The molecule has 4 nitrogen and oxygen atoms in total. The zero-order valence-corrected chi connectivity index (χ0v) is 11.6. The van der Waals surface area contributed by atoms with Crippen molar-refractivity contribution < 1.29 is 0 Å². The van der Waals surface area contributed by atoms with Crippen LogP contribution in [0, 0.1) is 0 Å². The molecule has 98 valence electrons. The predicted octanol–water partition coefficient (Wildman–Crippen LogP) is 3.05. The highest BCUT2D eigenvalue weighted by Gasteiger charge is 2.11. The molecule has 0 aliphatic heterocycles. The smallest absolute Gasteiger partial charge is 0.163 e. The zero-order chi connectivity index (χ0) is 13.0. The van der Waals surface area contributed by atoms with E-state index >= 15 is 0 Å². The lowest BCUT2D eigenvalue weighted by Gasteiger charge is -2.05. The molecule has 0 amide bonds. The predicted molar refractivity (Wildman–Crippen MR) is 73.5 cm³/mol. The molecule has 0 radical (unpaired) electrons. The van der Waals surface area contributed by atoms with Crippen LogP contribution in [-0.2, 0) is 19.9 Å². The van der Waals surface area contributed by atoms with Gasteiger partial charge in [-0.3, -0.25) is 0 Å². The molecule has 0 spiro atoms. The average Bonchev–Trinajstić information content (AvgIpc) is 2.75. The van der Waals surface area contributed by atoms with Crippen molar-refractivity contribution in [2.45, 2.75) is 52.4 Å². The van der Waals surface area contributed by atoms with Gasteiger partial charge in [0.2, 0.25) is 0 Å². The minimum Gasteiger partial charge on any atom is -0.318 e. The van der Waals surface area contributed by atoms with Gasteiger partial charge >= 0.3 is 0 Å². The van der Waals surface area contributed by atoms with Crippen LogP contribution in [-0.4, -0.2) is 19.5 Å². The second kappa shape index (κ2) is 5.94. The van der Waals surface area contributed by atoms with Crippen molar-refractivity contribution in [3.05, 3.63) is 17.8 Å². The van der Waals surface area contributed by atoms with Gasteiger partial charge in [0, 0.05) is 13.5 Å². The summed E-state index contributed by atoms with van der Waals surface area (Å²) in [6.45, 7) is 4.40. The maximum absolute atomic E-state index is 4.70. The number of unbranched alkanes of at least 4 members (excludes halogenated alkanes) is 2. The quantitative estimate of drug-likeness (QED) is 0.786. The SMILES string of the molecule is CCCCc1nc(CCCC)c2ncn(C)c2n1. The first-order chi connectivity index (χ1) is 8.76. The third kappa shape index (κ3) is 2.68. The molecule has 0 fully saturated rings. The van der Waals surface area contributed by atoms with Gasteiger partial charge in [-0.25, -0.2) is 15.0 Å². The molecular formula is C14H22N4. The topological polar surface area (TPSA) is 43.6 Å². The zero-order valence-electron chi connectivity index (χ0n) is 11.6. The number of imidazole rings is 1. The van der Waals surface area contributed by atoms with E-state index in [1.54, 1.807) is 0 Å². The lowest BCUT2D eigenvalue weighted by molar-refractivity contribution is 0.729. The first-order valence-electron chi connectivity index (χ1n) is 6.93. The molecule has 0 saturated heterocycles. The van der Waals surface area contributed by atoms with Gasteiger partial charge in [0.05, 0.1) is 12.0 Å². The second-order valence-corrected chi connectivity index (χ2v) is 4.82. The second-order valence-electron chi connectivity index (χ2n) is 4.82. The summed E-state index contributed by atoms with van der Waals surface area (Å²) in [5.41, 5.74) is 3.07. The Kier molecular flexibility index (Phi) is 4.28. The van der Waals surface area contributed by atoms with Crippen LogP contribution in [0.4, 0.5) is 0 Å². The Labute approximate surface area is 108 Å². The van der Waals surface area contributed by atoms with E-state index in [0.717, 1.165) is 48.4 Å². The molecule has 0 aliphatic rings. The molecule has 0 saturated carbocycles. The summed E-state index contributed by atoms with van der Waals surface area (Å²) in [6, 6.07) is 0. The number of rotatable bonds is 6. The van der Waals surface area contributed by atoms with E-state index < -0.39 is 0 Å². The van der Waals surface area contributed by atoms with Crippen molar-refractivity contribution in [3.8, 4) is 0 Å². The van der Waals surface area contributed by atoms with Gasteiger partial charge in [0.1, 0.15) is 11.3 Å². The molecule has 2 rings (SSSR count). The molecule has 0 unspecified atom stereocenters. The molecule has 0 N–H and O–H groups in total. The fourth-order valence-electron chi connectivity index (χ4n) is 2.08. The standard InChI is InChI=1S/C14H22N4/c1-4-6-8-11-13-14(18(3)10-15-13)17-12(16-11)9-7-5-2/h10H,4-9H2,1-3H3. The highest BCUT2D eigenvalue weighted by Crippen LogP contribution is 2.16. The van der Waals surface area contributed by atoms with E-state index in [-0.39, 0.29) is 0 Å². The van der Waals surface area contributed by atoms with Crippen molar-refractivity contribution in [1.82, 2.24) is 19.5 Å². The molecule has 4 heteroatoms. The van der Waals surface area contributed by atoms with Crippen LogP contribution in [0.3, 0.4) is 0 Å². The fourth-order valence-corrected chi connectivity index (χ4v) is 2.08. The minimum atomic E-state index is 0.969. The molecule has 0 aromatic carbocycles. The van der Waals surface area contributed by atoms with E-state index in [9.17, 15) is 0 Å². The van der Waals surface area contributed by atoms with Gasteiger partial charge in [0.15, 0.2) is 5.65 Å². The summed E-state index contributed by atoms with van der Waals surface area (Å²) in [5, 5.41) is 0. The first-order valence-corrected chi connectivity index (χ1v) is 6.93. The summed E-state index contributed by atoms with van der Waals surface area (Å²) in [6.07, 6.45) is 8.48. The Morgan fingerprint density at radius 3 is 2.50 bits per heavy atom. The van der Waals surface area contributed by atoms with Gasteiger partial charge in [-0.1, -0.05) is 26.7 Å². The number of aromatic nitrogens is 4. The Morgan fingerprint density at radius 1 is 1.06 bits per heavy atom. The fraction of sp³-hybridized carbons (Fsp3) is 0.643. The Bertz CT molecular complexity index is 516. The number of nitrogens with zero attached hydrogens (tertiary/aromatic N) is 4. The van der Waals surface area contributed by atoms with E-state index in [4.69, 9.17) is 4.98 Å². The van der Waals surface area contributed by atoms with E-state index in [1.165, 1.54) is 12.8 Å². The highest BCUT2D eigenvalue weighted by atomic mass is 15.1. The molecule has 2 heterocycles. The summed E-state index contributed by atoms with van der Waals surface area (Å²) < 4.78 is 1.99. The number of hydrogen-bond acceptors (Lipinski definition) is 3. The van der Waals surface area contributed by atoms with E-state index in [0.29, 0.717) is 0 Å². The van der Waals surface area contributed by atoms with Gasteiger partial charge in [0.25, 0.3) is 0 Å². The van der Waals surface area contributed by atoms with Crippen molar-refractivity contribution in [1.29, 1.82) is 0 Å². The molecule has 2 aromatic rings. The van der Waals surface area contributed by atoms with E-state index in [1.807, 2.05) is 17.9 Å². The molecule has 2 aromatic heterocycles. The third-order valence-corrected chi connectivity index (χ3v) is 3.20. The van der Waals surface area contributed by atoms with Crippen LogP contribution >= 0.6 is 0 Å². The van der Waals surface area contributed by atoms with Crippen LogP contribution in [0.25, 0.3) is 11.2 Å². The maximum Gasteiger partial charge on any atom is 0.163 e. The molecule has 0 bridgehead atoms. The van der Waals surface area contributed by atoms with Crippen molar-refractivity contribution in [2.75, 3.05) is 0 Å². The summed E-state index contributed by atoms with van der Waals surface area (Å²) in [7, 11) is 2.00. The normalized spacial score (nSPS) is 11.3. The largest absolute Gasteiger partial charge is 0.318 e. The maximum atomic E-state index is 4.70. The molecule has 0 atom stereocenters. The average molecular weight is 246 g/mol. The summed E-state index contributed by atoms with van der Waals surface area (Å²) in [4.78, 5) is 13.8. The lowest BCUT2D eigenvalue weighted by atomic mass is 10.1. The van der Waals surface area contributed by atoms with Gasteiger partial charge in [-0.15, -0.1) is 0 Å². The Balaban J connectivity index is 2.38. The highest BCUT2D eigenvalue weighted by molar-refractivity contribution is 5.73. The first kappa shape index (κ1) is 13.0. The van der Waals surface area contributed by atoms with Crippen LogP contribution in [0.5, 0.6) is 0 Å². The number of aryl methyl sites for hydroxylation is 3. The van der Waals surface area contributed by atoms with Crippen molar-refractivity contribution in [3.63, 3.8) is 0 Å². The Morgan fingerprint density at radius 2 is 1.78 bits per heavy atom. The van der Waals surface area contributed by atoms with E-state index in [2.05, 4.69) is 23.8 Å². The Hall–Kier alpha value is -1.45. The van der Waals surface area contributed by atoms with Crippen LogP contribution in [0.1, 0.15) is 51.0 Å². The molecular weight excluding hydrogens is 224 g/mol. The lowest BCUT2D eigenvalue weighted by Crippen LogP contribution is -2.03. The number of hydrogen-bond donors (Lipinski definition) is 0. The van der Waals surface area contributed by atoms with Crippen molar-refractivity contribution in [2.24, 2.45) is 7.05 Å². The molecule has 18 heavy (non-hydrogen) atoms. The van der Waals surface area contributed by atoms with Crippen LogP contribution < -0.4 is 0 Å². The summed E-state index contributed by atoms with van der Waals surface area (Å²) >= 11 is 0. The van der Waals surface area contributed by atoms with Crippen LogP contribution in [0.15, 0.2) is 6.33 Å². The third-order valence-electron chi connectivity index (χ3n) is 3.20. The summed E-state index contributed by atoms with van der Waals surface area (Å²) in [5.74, 6) is 0.971. The number of fused-ring (bicyclic) bond motifs is 1. The van der Waals surface area contributed by atoms with Crippen molar-refractivity contribution >= 4 is 11.2 Å². The monoisotopic (exact) mass is 246 g/mol. The minimum absolute atomic E-state index is 0.969.